The van der Waals surface area contributed by atoms with Crippen LogP contribution in [0, 0.1) is 5.82 Å². The lowest BCUT2D eigenvalue weighted by Crippen LogP contribution is -2.23. The molecule has 0 spiro atoms. The number of benzene rings is 3. The van der Waals surface area contributed by atoms with Gasteiger partial charge in [0.15, 0.2) is 5.78 Å². The van der Waals surface area contributed by atoms with Crippen LogP contribution in [0.5, 0.6) is 5.75 Å². The number of ketones is 1. The van der Waals surface area contributed by atoms with Gasteiger partial charge >= 0.3 is 0 Å². The average Bonchev–Trinajstić information content (AvgIpc) is 3.24. The van der Waals surface area contributed by atoms with Crippen LogP contribution >= 0.6 is 11.8 Å². The molecule has 5 rings (SSSR count). The highest BCUT2D eigenvalue weighted by atomic mass is 32.2. The van der Waals surface area contributed by atoms with Crippen molar-refractivity contribution in [2.45, 2.75) is 23.7 Å². The summed E-state index contributed by atoms with van der Waals surface area (Å²) in [6, 6.07) is 17.2. The summed E-state index contributed by atoms with van der Waals surface area (Å²) >= 11 is 1.80. The minimum atomic E-state index is -0.123. The molecule has 3 nitrogen and oxygen atoms in total. The number of carbonyl (C=O) groups excluding carboxylic acids is 1. The Bertz CT molecular complexity index is 1100. The van der Waals surface area contributed by atoms with Crippen LogP contribution in [0.15, 0.2) is 59.5 Å². The Hall–Kier alpha value is -2.37. The van der Waals surface area contributed by atoms with Gasteiger partial charge in [0, 0.05) is 36.7 Å². The summed E-state index contributed by atoms with van der Waals surface area (Å²) < 4.78 is 19.8. The fourth-order valence-electron chi connectivity index (χ4n) is 4.46. The molecular formula is C25H24FNO2S. The molecule has 1 saturated heterocycles. The number of nitrogens with zero attached hydrogens (tertiary/aromatic N) is 1. The van der Waals surface area contributed by atoms with Gasteiger partial charge in [-0.15, -0.1) is 11.8 Å². The van der Waals surface area contributed by atoms with E-state index in [-0.39, 0.29) is 17.5 Å². The molecule has 0 N–H and O–H groups in total. The number of thioether (sulfide) groups is 1. The van der Waals surface area contributed by atoms with Crippen molar-refractivity contribution in [1.29, 1.82) is 0 Å². The van der Waals surface area contributed by atoms with E-state index in [9.17, 15) is 9.18 Å². The van der Waals surface area contributed by atoms with Crippen molar-refractivity contribution in [3.63, 3.8) is 0 Å². The predicted octanol–water partition coefficient (Wildman–Crippen LogP) is 5.53. The van der Waals surface area contributed by atoms with E-state index >= 15 is 0 Å². The first-order valence-electron chi connectivity index (χ1n) is 10.5. The first-order valence-corrected chi connectivity index (χ1v) is 11.5. The number of hydrogen-bond acceptors (Lipinski definition) is 4. The molecular weight excluding hydrogens is 397 g/mol. The maximum atomic E-state index is 14.1. The molecule has 2 aliphatic rings. The third-order valence-corrected chi connectivity index (χ3v) is 7.10. The summed E-state index contributed by atoms with van der Waals surface area (Å²) in [4.78, 5) is 16.2. The number of Topliss-reactive ketones (excluding diaryl/α,β-unsaturated/α-hetero) is 1. The number of hydrogen-bond donors (Lipinski definition) is 0. The van der Waals surface area contributed by atoms with Crippen molar-refractivity contribution >= 4 is 28.3 Å². The third kappa shape index (κ3) is 3.96. The second-order valence-electron chi connectivity index (χ2n) is 8.04. The Labute approximate surface area is 180 Å². The average molecular weight is 422 g/mol. The number of carbonyl (C=O) groups is 1. The molecule has 0 radical (unpaired) electrons. The number of halogens is 1. The van der Waals surface area contributed by atoms with Crippen LogP contribution in [0.4, 0.5) is 4.39 Å². The molecule has 0 aliphatic carbocycles. The Morgan fingerprint density at radius 3 is 2.93 bits per heavy atom. The summed E-state index contributed by atoms with van der Waals surface area (Å²) in [6.45, 7) is 3.19. The number of ether oxygens (including phenoxy) is 1. The number of rotatable bonds is 5. The van der Waals surface area contributed by atoms with Crippen molar-refractivity contribution in [1.82, 2.24) is 4.90 Å². The smallest absolute Gasteiger partial charge is 0.164 e. The van der Waals surface area contributed by atoms with Crippen LogP contribution in [-0.2, 0) is 0 Å². The largest absolute Gasteiger partial charge is 0.492 e. The van der Waals surface area contributed by atoms with E-state index in [1.165, 1.54) is 6.07 Å². The summed E-state index contributed by atoms with van der Waals surface area (Å²) in [5.41, 5.74) is 1.56. The van der Waals surface area contributed by atoms with E-state index < -0.39 is 0 Å². The predicted molar refractivity (Wildman–Crippen MR) is 119 cm³/mol. The monoisotopic (exact) mass is 421 g/mol. The molecule has 1 unspecified atom stereocenters. The summed E-state index contributed by atoms with van der Waals surface area (Å²) in [5.74, 6) is 2.15. The fourth-order valence-corrected chi connectivity index (χ4v) is 5.31. The van der Waals surface area contributed by atoms with E-state index in [1.807, 2.05) is 30.3 Å². The van der Waals surface area contributed by atoms with Crippen LogP contribution in [-0.4, -0.2) is 42.7 Å². The highest BCUT2D eigenvalue weighted by Gasteiger charge is 2.26. The van der Waals surface area contributed by atoms with E-state index in [4.69, 9.17) is 4.74 Å². The minimum Gasteiger partial charge on any atom is -0.492 e. The van der Waals surface area contributed by atoms with Crippen molar-refractivity contribution in [2.75, 3.05) is 32.0 Å². The Kier molecular flexibility index (Phi) is 5.48. The highest BCUT2D eigenvalue weighted by molar-refractivity contribution is 7.99. The van der Waals surface area contributed by atoms with Crippen LogP contribution in [0.2, 0.25) is 0 Å². The van der Waals surface area contributed by atoms with Gasteiger partial charge in [0.25, 0.3) is 0 Å². The lowest BCUT2D eigenvalue weighted by atomic mass is 9.98. The first-order chi connectivity index (χ1) is 14.7. The minimum absolute atomic E-state index is 0.123. The second kappa shape index (κ2) is 8.40. The Morgan fingerprint density at radius 1 is 1.13 bits per heavy atom. The van der Waals surface area contributed by atoms with Crippen LogP contribution in [0.3, 0.4) is 0 Å². The zero-order valence-electron chi connectivity index (χ0n) is 16.8. The maximum Gasteiger partial charge on any atom is 0.164 e. The van der Waals surface area contributed by atoms with Gasteiger partial charge in [-0.2, -0.15) is 0 Å². The van der Waals surface area contributed by atoms with Gasteiger partial charge in [0.2, 0.25) is 0 Å². The maximum absolute atomic E-state index is 14.1. The van der Waals surface area contributed by atoms with E-state index in [2.05, 4.69) is 17.0 Å². The van der Waals surface area contributed by atoms with E-state index in [0.717, 1.165) is 71.0 Å². The fraction of sp³-hybridized carbons (Fsp3) is 0.320. The molecule has 0 bridgehead atoms. The zero-order valence-corrected chi connectivity index (χ0v) is 17.6. The van der Waals surface area contributed by atoms with Crippen LogP contribution < -0.4 is 4.74 Å². The SMILES string of the molecule is O=C(CCN1CCC(c2ccccc2F)C1)c1ccc2cc3c(cc2c1)SCCO3. The molecule has 30 heavy (non-hydrogen) atoms. The van der Waals surface area contributed by atoms with Gasteiger partial charge in [-0.05, 0) is 53.6 Å². The van der Waals surface area contributed by atoms with Crippen molar-refractivity contribution in [2.24, 2.45) is 0 Å². The molecule has 3 aromatic rings. The second-order valence-corrected chi connectivity index (χ2v) is 9.18. The van der Waals surface area contributed by atoms with Crippen LogP contribution in [0.1, 0.15) is 34.7 Å². The van der Waals surface area contributed by atoms with Crippen LogP contribution in [0.25, 0.3) is 10.8 Å². The summed E-state index contributed by atoms with van der Waals surface area (Å²) in [7, 11) is 0. The zero-order chi connectivity index (χ0) is 20.5. The molecule has 1 atom stereocenters. The molecule has 0 amide bonds. The van der Waals surface area contributed by atoms with Gasteiger partial charge in [0.1, 0.15) is 11.6 Å². The molecule has 0 aromatic heterocycles. The lowest BCUT2D eigenvalue weighted by molar-refractivity contribution is 0.0968. The Morgan fingerprint density at radius 2 is 2.03 bits per heavy atom. The molecule has 154 valence electrons. The highest BCUT2D eigenvalue weighted by Crippen LogP contribution is 2.37. The molecule has 3 aromatic carbocycles. The first kappa shape index (κ1) is 19.6. The topological polar surface area (TPSA) is 29.5 Å². The van der Waals surface area contributed by atoms with Crippen molar-refractivity contribution < 1.29 is 13.9 Å². The normalized spacial score (nSPS) is 18.9. The van der Waals surface area contributed by atoms with Gasteiger partial charge in [-0.25, -0.2) is 4.39 Å². The quantitative estimate of drug-likeness (QED) is 0.507. The van der Waals surface area contributed by atoms with Gasteiger partial charge in [-0.1, -0.05) is 30.3 Å². The number of likely N-dealkylation sites (tertiary alicyclic amines) is 1. The molecule has 2 heterocycles. The van der Waals surface area contributed by atoms with E-state index in [1.54, 1.807) is 17.8 Å². The van der Waals surface area contributed by atoms with E-state index in [0.29, 0.717) is 6.42 Å². The molecule has 2 aliphatic heterocycles. The summed E-state index contributed by atoms with van der Waals surface area (Å²) in [6.07, 6.45) is 1.42. The lowest BCUT2D eigenvalue weighted by Gasteiger charge is -2.18. The standard InChI is InChI=1S/C25H24FNO2S/c26-22-4-2-1-3-21(22)19-7-9-27(16-19)10-8-23(28)18-6-5-17-14-24-25(15-20(17)13-18)30-12-11-29-24/h1-6,13-15,19H,7-12,16H2. The Balaban J connectivity index is 1.23. The van der Waals surface area contributed by atoms with Gasteiger partial charge < -0.3 is 9.64 Å². The molecule has 1 fully saturated rings. The summed E-state index contributed by atoms with van der Waals surface area (Å²) in [5, 5.41) is 2.18. The third-order valence-electron chi connectivity index (χ3n) is 6.10. The van der Waals surface area contributed by atoms with Crippen molar-refractivity contribution in [3.05, 3.63) is 71.5 Å². The number of fused-ring (bicyclic) bond motifs is 2. The molecule has 0 saturated carbocycles. The van der Waals surface area contributed by atoms with Gasteiger partial charge in [-0.3, -0.25) is 4.79 Å². The van der Waals surface area contributed by atoms with Gasteiger partial charge in [0.05, 0.1) is 11.5 Å². The van der Waals surface area contributed by atoms with Crippen molar-refractivity contribution in [3.8, 4) is 5.75 Å². The molecule has 5 heteroatoms.